The molecule has 3 aromatic heterocycles. The molecule has 0 atom stereocenters. The molecule has 3 heterocycles. The predicted molar refractivity (Wildman–Crippen MR) is 83.5 cm³/mol. The van der Waals surface area contributed by atoms with Crippen molar-refractivity contribution in [3.8, 4) is 17.3 Å². The first-order chi connectivity index (χ1) is 11.3. The molecule has 4 aromatic rings. The molecule has 0 amide bonds. The lowest BCUT2D eigenvalue weighted by Gasteiger charge is -1.96. The Labute approximate surface area is 130 Å². The summed E-state index contributed by atoms with van der Waals surface area (Å²) >= 11 is 0. The van der Waals surface area contributed by atoms with Crippen LogP contribution >= 0.6 is 0 Å². The summed E-state index contributed by atoms with van der Waals surface area (Å²) in [4.78, 5) is 11.6. The van der Waals surface area contributed by atoms with Crippen molar-refractivity contribution in [1.82, 2.24) is 25.1 Å². The topological polar surface area (TPSA) is 102 Å². The van der Waals surface area contributed by atoms with Gasteiger partial charge in [-0.25, -0.2) is 9.97 Å². The molecule has 1 aromatic carbocycles. The highest BCUT2D eigenvalue weighted by Gasteiger charge is 2.12. The molecule has 0 saturated carbocycles. The molecule has 2 N–H and O–H groups in total. The minimum atomic E-state index is 0.245. The number of fused-ring (bicyclic) bond motifs is 1. The summed E-state index contributed by atoms with van der Waals surface area (Å²) in [5.74, 6) is 1.35. The zero-order chi connectivity index (χ0) is 15.6. The smallest absolute Gasteiger partial charge is 0.322 e. The van der Waals surface area contributed by atoms with Crippen LogP contribution in [0.25, 0.3) is 22.5 Å². The van der Waals surface area contributed by atoms with Gasteiger partial charge in [0.05, 0.1) is 12.6 Å². The Bertz CT molecular complexity index is 947. The first-order valence-electron chi connectivity index (χ1n) is 6.88. The summed E-state index contributed by atoms with van der Waals surface area (Å²) in [7, 11) is 1.55. The summed E-state index contributed by atoms with van der Waals surface area (Å²) in [5, 5.41) is 10.9. The number of methoxy groups -OCH3 is 1. The van der Waals surface area contributed by atoms with Crippen molar-refractivity contribution in [3.63, 3.8) is 0 Å². The number of aromatic amines is 1. The number of ether oxygens (including phenoxy) is 1. The van der Waals surface area contributed by atoms with Gasteiger partial charge >= 0.3 is 6.01 Å². The van der Waals surface area contributed by atoms with E-state index in [4.69, 9.17) is 9.15 Å². The van der Waals surface area contributed by atoms with Crippen molar-refractivity contribution < 1.29 is 9.15 Å². The third-order valence-corrected chi connectivity index (χ3v) is 3.23. The maximum Gasteiger partial charge on any atom is 0.322 e. The van der Waals surface area contributed by atoms with Crippen LogP contribution in [-0.2, 0) is 0 Å². The quantitative estimate of drug-likeness (QED) is 0.597. The SMILES string of the molecule is COc1nccc2[nH]c(Nc3nnc(-c4ccccc4)o3)nc12. The Hall–Kier alpha value is -3.42. The van der Waals surface area contributed by atoms with Crippen molar-refractivity contribution in [3.05, 3.63) is 42.6 Å². The van der Waals surface area contributed by atoms with Crippen LogP contribution in [0, 0.1) is 0 Å². The van der Waals surface area contributed by atoms with Gasteiger partial charge in [-0.05, 0) is 18.2 Å². The van der Waals surface area contributed by atoms with Gasteiger partial charge in [-0.1, -0.05) is 23.3 Å². The largest absolute Gasteiger partial charge is 0.479 e. The molecule has 0 bridgehead atoms. The van der Waals surface area contributed by atoms with E-state index >= 15 is 0 Å². The van der Waals surface area contributed by atoms with E-state index in [2.05, 4.69) is 30.5 Å². The molecule has 0 aliphatic rings. The molecular formula is C15H12N6O2. The second kappa shape index (κ2) is 5.41. The molecule has 0 radical (unpaired) electrons. The standard InChI is InChI=1S/C15H12N6O2/c1-22-13-11-10(7-8-16-13)17-14(18-11)19-15-21-20-12(23-15)9-5-3-2-4-6-9/h2-8H,1H3,(H2,17,18,19,21). The van der Waals surface area contributed by atoms with Crippen molar-refractivity contribution in [2.75, 3.05) is 12.4 Å². The lowest BCUT2D eigenvalue weighted by molar-refractivity contribution is 0.402. The highest BCUT2D eigenvalue weighted by atomic mass is 16.5. The Morgan fingerprint density at radius 1 is 1.13 bits per heavy atom. The van der Waals surface area contributed by atoms with Gasteiger partial charge in [0.2, 0.25) is 17.7 Å². The number of nitrogens with one attached hydrogen (secondary N) is 2. The molecule has 4 rings (SSSR count). The van der Waals surface area contributed by atoms with Gasteiger partial charge in [-0.15, -0.1) is 5.10 Å². The Balaban J connectivity index is 1.63. The highest BCUT2D eigenvalue weighted by Crippen LogP contribution is 2.25. The van der Waals surface area contributed by atoms with Crippen LogP contribution in [-0.4, -0.2) is 32.3 Å². The van der Waals surface area contributed by atoms with Crippen LogP contribution in [0.15, 0.2) is 47.0 Å². The van der Waals surface area contributed by atoms with Crippen molar-refractivity contribution in [1.29, 1.82) is 0 Å². The average Bonchev–Trinajstić information content (AvgIpc) is 3.22. The lowest BCUT2D eigenvalue weighted by Crippen LogP contribution is -1.92. The summed E-state index contributed by atoms with van der Waals surface area (Å²) in [6, 6.07) is 11.6. The lowest BCUT2D eigenvalue weighted by atomic mass is 10.2. The number of rotatable bonds is 4. The van der Waals surface area contributed by atoms with Gasteiger partial charge in [0, 0.05) is 11.8 Å². The molecule has 0 unspecified atom stereocenters. The third-order valence-electron chi connectivity index (χ3n) is 3.23. The molecule has 0 aliphatic heterocycles. The van der Waals surface area contributed by atoms with Crippen molar-refractivity contribution in [2.45, 2.75) is 0 Å². The highest BCUT2D eigenvalue weighted by molar-refractivity contribution is 5.82. The molecule has 0 spiro atoms. The van der Waals surface area contributed by atoms with E-state index in [0.717, 1.165) is 11.1 Å². The Morgan fingerprint density at radius 3 is 2.83 bits per heavy atom. The number of aromatic nitrogens is 5. The van der Waals surface area contributed by atoms with E-state index < -0.39 is 0 Å². The number of imidazole rings is 1. The fraction of sp³-hybridized carbons (Fsp3) is 0.0667. The molecule has 0 saturated heterocycles. The van der Waals surface area contributed by atoms with E-state index in [1.54, 1.807) is 19.4 Å². The van der Waals surface area contributed by atoms with E-state index in [-0.39, 0.29) is 6.01 Å². The summed E-state index contributed by atoms with van der Waals surface area (Å²) in [6.45, 7) is 0. The fourth-order valence-corrected chi connectivity index (χ4v) is 2.19. The summed E-state index contributed by atoms with van der Waals surface area (Å²) in [5.41, 5.74) is 2.27. The fourth-order valence-electron chi connectivity index (χ4n) is 2.19. The van der Waals surface area contributed by atoms with Gasteiger partial charge in [-0.3, -0.25) is 5.32 Å². The van der Waals surface area contributed by atoms with E-state index in [1.807, 2.05) is 30.3 Å². The van der Waals surface area contributed by atoms with Crippen LogP contribution in [0.3, 0.4) is 0 Å². The van der Waals surface area contributed by atoms with Crippen molar-refractivity contribution in [2.24, 2.45) is 0 Å². The van der Waals surface area contributed by atoms with Crippen LogP contribution in [0.1, 0.15) is 0 Å². The minimum absolute atomic E-state index is 0.245. The molecular weight excluding hydrogens is 296 g/mol. The maximum atomic E-state index is 5.59. The first kappa shape index (κ1) is 13.3. The van der Waals surface area contributed by atoms with Gasteiger partial charge in [0.25, 0.3) is 0 Å². The van der Waals surface area contributed by atoms with Crippen LogP contribution in [0.4, 0.5) is 12.0 Å². The zero-order valence-corrected chi connectivity index (χ0v) is 12.1. The number of pyridine rings is 1. The normalized spacial score (nSPS) is 10.8. The molecule has 0 fully saturated rings. The number of hydrogen-bond donors (Lipinski definition) is 2. The molecule has 8 nitrogen and oxygen atoms in total. The molecule has 114 valence electrons. The number of H-pyrrole nitrogens is 1. The second-order valence-electron chi connectivity index (χ2n) is 4.71. The van der Waals surface area contributed by atoms with Crippen molar-refractivity contribution >= 4 is 23.0 Å². The van der Waals surface area contributed by atoms with E-state index in [1.165, 1.54) is 0 Å². The van der Waals surface area contributed by atoms with Crippen LogP contribution in [0.5, 0.6) is 5.88 Å². The first-order valence-corrected chi connectivity index (χ1v) is 6.88. The predicted octanol–water partition coefficient (Wildman–Crippen LogP) is 2.76. The average molecular weight is 308 g/mol. The second-order valence-corrected chi connectivity index (χ2v) is 4.71. The molecule has 8 heteroatoms. The van der Waals surface area contributed by atoms with E-state index in [9.17, 15) is 0 Å². The minimum Gasteiger partial charge on any atom is -0.479 e. The number of hydrogen-bond acceptors (Lipinski definition) is 7. The van der Waals surface area contributed by atoms with Gasteiger partial charge in [0.15, 0.2) is 5.52 Å². The van der Waals surface area contributed by atoms with E-state index in [0.29, 0.717) is 23.2 Å². The Kier molecular flexibility index (Phi) is 3.12. The van der Waals surface area contributed by atoms with Gasteiger partial charge < -0.3 is 14.1 Å². The number of nitrogens with zero attached hydrogens (tertiary/aromatic N) is 4. The van der Waals surface area contributed by atoms with Crippen LogP contribution in [0.2, 0.25) is 0 Å². The monoisotopic (exact) mass is 308 g/mol. The maximum absolute atomic E-state index is 5.59. The Morgan fingerprint density at radius 2 is 2.00 bits per heavy atom. The molecule has 23 heavy (non-hydrogen) atoms. The van der Waals surface area contributed by atoms with Gasteiger partial charge in [0.1, 0.15) is 0 Å². The summed E-state index contributed by atoms with van der Waals surface area (Å²) in [6.07, 6.45) is 1.64. The summed E-state index contributed by atoms with van der Waals surface area (Å²) < 4.78 is 10.8. The zero-order valence-electron chi connectivity index (χ0n) is 12.1. The number of anilines is 2. The van der Waals surface area contributed by atoms with Crippen LogP contribution < -0.4 is 10.1 Å². The van der Waals surface area contributed by atoms with Gasteiger partial charge in [-0.2, -0.15) is 0 Å². The molecule has 0 aliphatic carbocycles. The number of benzene rings is 1. The third kappa shape index (κ3) is 2.46.